The van der Waals surface area contributed by atoms with Crippen molar-refractivity contribution in [2.24, 2.45) is 0 Å². The van der Waals surface area contributed by atoms with Gasteiger partial charge in [0.1, 0.15) is 19.3 Å². The Bertz CT molecular complexity index is 2380. The Morgan fingerprint density at radius 3 is 0.857 bits per heavy atom. The lowest BCUT2D eigenvalue weighted by molar-refractivity contribution is -0.161. The van der Waals surface area contributed by atoms with Crippen LogP contribution in [0, 0.1) is 0 Å². The van der Waals surface area contributed by atoms with Crippen molar-refractivity contribution in [3.63, 3.8) is 0 Å². The van der Waals surface area contributed by atoms with E-state index in [2.05, 4.69) is 149 Å². The minimum atomic E-state index is -4.99. The van der Waals surface area contributed by atoms with Gasteiger partial charge in [-0.15, -0.1) is 0 Å². The lowest BCUT2D eigenvalue weighted by atomic mass is 10.1. The van der Waals surface area contributed by atoms with Crippen molar-refractivity contribution in [1.82, 2.24) is 0 Å². The summed E-state index contributed by atoms with van der Waals surface area (Å²) in [7, 11) is -9.97. The van der Waals surface area contributed by atoms with Crippen LogP contribution in [0.2, 0.25) is 0 Å². The summed E-state index contributed by atoms with van der Waals surface area (Å²) in [5.74, 6) is -2.28. The van der Waals surface area contributed by atoms with Crippen molar-refractivity contribution in [3.05, 3.63) is 134 Å². The average Bonchev–Trinajstić information content (AvgIpc) is 0.986. The zero-order valence-electron chi connectivity index (χ0n) is 60.9. The van der Waals surface area contributed by atoms with E-state index in [1.807, 2.05) is 12.2 Å². The third kappa shape index (κ3) is 69.7. The minimum absolute atomic E-state index is 0.0598. The molecule has 0 saturated heterocycles. The fourth-order valence-electron chi connectivity index (χ4n) is 9.52. The van der Waals surface area contributed by atoms with Gasteiger partial charge in [0, 0.05) is 25.7 Å². The van der Waals surface area contributed by atoms with Crippen molar-refractivity contribution >= 4 is 39.5 Å². The maximum atomic E-state index is 13.1. The van der Waals surface area contributed by atoms with E-state index in [1.165, 1.54) is 38.5 Å². The highest BCUT2D eigenvalue weighted by atomic mass is 31.2. The van der Waals surface area contributed by atoms with Gasteiger partial charge in [0.15, 0.2) is 12.2 Å². The molecule has 0 aromatic rings. The third-order valence-corrected chi connectivity index (χ3v) is 17.0. The first-order valence-electron chi connectivity index (χ1n) is 37.4. The second-order valence-corrected chi connectivity index (χ2v) is 27.4. The molecule has 5 atom stereocenters. The molecule has 3 N–H and O–H groups in total. The molecular formula is C79H132O17P2. The van der Waals surface area contributed by atoms with Gasteiger partial charge in [-0.25, -0.2) is 9.13 Å². The minimum Gasteiger partial charge on any atom is -0.462 e. The summed E-state index contributed by atoms with van der Waals surface area (Å²) in [4.78, 5) is 72.8. The second kappa shape index (κ2) is 70.6. The number of rotatable bonds is 69. The van der Waals surface area contributed by atoms with Crippen molar-refractivity contribution in [2.45, 2.75) is 303 Å². The maximum Gasteiger partial charge on any atom is 0.472 e. The van der Waals surface area contributed by atoms with Crippen LogP contribution in [-0.4, -0.2) is 96.7 Å². The normalized spacial score (nSPS) is 14.7. The summed E-state index contributed by atoms with van der Waals surface area (Å²) >= 11 is 0. The molecule has 0 rings (SSSR count). The quantitative estimate of drug-likeness (QED) is 0.0169. The van der Waals surface area contributed by atoms with Crippen molar-refractivity contribution < 1.29 is 80.2 Å². The Labute approximate surface area is 593 Å². The van der Waals surface area contributed by atoms with Gasteiger partial charge >= 0.3 is 39.5 Å². The van der Waals surface area contributed by atoms with Gasteiger partial charge in [0.25, 0.3) is 0 Å². The van der Waals surface area contributed by atoms with E-state index in [9.17, 15) is 43.2 Å². The fraction of sp³-hybridized carbons (Fsp3) is 0.671. The van der Waals surface area contributed by atoms with E-state index >= 15 is 0 Å². The van der Waals surface area contributed by atoms with Gasteiger partial charge in [-0.3, -0.25) is 37.3 Å². The number of phosphoric ester groups is 2. The Morgan fingerprint density at radius 2 is 0.541 bits per heavy atom. The molecule has 17 nitrogen and oxygen atoms in total. The summed E-state index contributed by atoms with van der Waals surface area (Å²) in [6.45, 7) is 4.41. The maximum absolute atomic E-state index is 13.1. The highest BCUT2D eigenvalue weighted by Gasteiger charge is 2.30. The predicted molar refractivity (Wildman–Crippen MR) is 399 cm³/mol. The third-order valence-electron chi connectivity index (χ3n) is 15.1. The first-order chi connectivity index (χ1) is 47.7. The number of hydrogen-bond donors (Lipinski definition) is 3. The molecule has 0 aliphatic heterocycles. The second-order valence-electron chi connectivity index (χ2n) is 24.5. The zero-order chi connectivity index (χ0) is 71.8. The molecule has 0 aliphatic rings. The molecular weight excluding hydrogens is 1280 g/mol. The molecule has 560 valence electrons. The van der Waals surface area contributed by atoms with Gasteiger partial charge in [0.2, 0.25) is 0 Å². The largest absolute Gasteiger partial charge is 0.472 e. The zero-order valence-corrected chi connectivity index (χ0v) is 62.7. The number of unbranched alkanes of at least 4 members (excludes halogenated alkanes) is 21. The molecule has 19 heteroatoms. The van der Waals surface area contributed by atoms with Gasteiger partial charge in [-0.2, -0.15) is 0 Å². The van der Waals surface area contributed by atoms with Gasteiger partial charge < -0.3 is 33.8 Å². The standard InChI is InChI=1S/C79H132O17P2/c1-5-9-13-17-21-25-29-32-35-36-39-41-45-48-52-56-60-64-77(82)90-70-75(96-79(84)66-62-58-54-50-46-42-38-34-31-27-23-19-15-11-7-3)72-94-98(87,88)92-68-73(80)67-91-97(85,86)93-71-74(95-78(83)65-61-57-53-49-43-28-24-20-16-12-8-4)69-89-76(81)63-59-55-51-47-44-40-37-33-30-26-22-18-14-10-6-2/h9-11,13-15,21-23,25-27,32-35,37-39,41,48,52,73-75,80H,5-8,12,16-20,24,28-31,36,40,42-47,49-51,53-72H2,1-4H3,(H,85,86)(H,87,88)/b13-9-,14-10-,15-11-,25-21-,26-22-,27-23-,35-32-,37-33-,38-34-,41-39-,52-48-. The van der Waals surface area contributed by atoms with Crippen LogP contribution in [0.15, 0.2) is 134 Å². The van der Waals surface area contributed by atoms with Gasteiger partial charge in [-0.05, 0) is 128 Å². The van der Waals surface area contributed by atoms with Crippen LogP contribution in [0.5, 0.6) is 0 Å². The fourth-order valence-corrected chi connectivity index (χ4v) is 11.1. The molecule has 5 unspecified atom stereocenters. The topological polar surface area (TPSA) is 237 Å². The number of ether oxygens (including phenoxy) is 4. The van der Waals surface area contributed by atoms with Gasteiger partial charge in [-0.1, -0.05) is 264 Å². The average molecular weight is 1420 g/mol. The van der Waals surface area contributed by atoms with Crippen LogP contribution < -0.4 is 0 Å². The van der Waals surface area contributed by atoms with E-state index in [4.69, 9.17) is 37.0 Å². The van der Waals surface area contributed by atoms with Crippen LogP contribution >= 0.6 is 15.6 Å². The molecule has 98 heavy (non-hydrogen) atoms. The summed E-state index contributed by atoms with van der Waals surface area (Å²) in [5.41, 5.74) is 0. The SMILES string of the molecule is CC/C=C\C/C=C\C/C=C\C/C=C\C/C=C\CCCC(=O)OCC(COP(=O)(O)OCC(O)COP(=O)(O)OCC(COC(=O)CCCCCCC/C=C\C/C=C\C/C=C\CC)OC(=O)CCCCCCCCCCCCC)OC(=O)CCCCCCC/C=C\C/C=C\C/C=C\CC. The molecule has 0 saturated carbocycles. The van der Waals surface area contributed by atoms with Crippen LogP contribution in [0.4, 0.5) is 0 Å². The van der Waals surface area contributed by atoms with Crippen molar-refractivity contribution in [1.29, 1.82) is 0 Å². The van der Waals surface area contributed by atoms with E-state index in [0.717, 1.165) is 161 Å². The number of allylic oxidation sites excluding steroid dienone is 22. The number of aliphatic hydroxyl groups excluding tert-OH is 1. The Kier molecular flexibility index (Phi) is 67.2. The molecule has 0 aromatic heterocycles. The lowest BCUT2D eigenvalue weighted by Crippen LogP contribution is -2.30. The summed E-state index contributed by atoms with van der Waals surface area (Å²) in [6, 6.07) is 0. The Balaban J connectivity index is 5.41. The number of carbonyl (C=O) groups excluding carboxylic acids is 4. The molecule has 0 fully saturated rings. The van der Waals surface area contributed by atoms with Crippen LogP contribution in [-0.2, 0) is 65.4 Å². The number of carbonyl (C=O) groups is 4. The summed E-state index contributed by atoms with van der Waals surface area (Å²) in [5, 5.41) is 10.6. The van der Waals surface area contributed by atoms with Gasteiger partial charge in [0.05, 0.1) is 26.4 Å². The number of aliphatic hydroxyl groups is 1. The number of hydrogen-bond acceptors (Lipinski definition) is 15. The monoisotopic (exact) mass is 1410 g/mol. The highest BCUT2D eigenvalue weighted by Crippen LogP contribution is 2.45. The first-order valence-corrected chi connectivity index (χ1v) is 40.4. The van der Waals surface area contributed by atoms with E-state index in [-0.39, 0.29) is 25.7 Å². The van der Waals surface area contributed by atoms with Crippen LogP contribution in [0.1, 0.15) is 285 Å². The van der Waals surface area contributed by atoms with Crippen LogP contribution in [0.3, 0.4) is 0 Å². The van der Waals surface area contributed by atoms with Crippen LogP contribution in [0.25, 0.3) is 0 Å². The lowest BCUT2D eigenvalue weighted by Gasteiger charge is -2.21. The molecule has 0 aliphatic carbocycles. The number of phosphoric acid groups is 2. The molecule has 0 heterocycles. The van der Waals surface area contributed by atoms with Crippen molar-refractivity contribution in [2.75, 3.05) is 39.6 Å². The van der Waals surface area contributed by atoms with Crippen molar-refractivity contribution in [3.8, 4) is 0 Å². The smallest absolute Gasteiger partial charge is 0.462 e. The first kappa shape index (κ1) is 93.2. The van der Waals surface area contributed by atoms with E-state index in [1.54, 1.807) is 0 Å². The molecule has 0 spiro atoms. The Hall–Kier alpha value is -4.80. The Morgan fingerprint density at radius 1 is 0.296 bits per heavy atom. The molecule has 0 aromatic carbocycles. The summed E-state index contributed by atoms with van der Waals surface area (Å²) < 4.78 is 68.3. The predicted octanol–water partition coefficient (Wildman–Crippen LogP) is 21.3. The number of esters is 4. The van der Waals surface area contributed by atoms with E-state index in [0.29, 0.717) is 32.1 Å². The highest BCUT2D eigenvalue weighted by molar-refractivity contribution is 7.47. The molecule has 0 radical (unpaired) electrons. The molecule has 0 bridgehead atoms. The van der Waals surface area contributed by atoms with E-state index < -0.39 is 97.5 Å². The molecule has 0 amide bonds. The summed E-state index contributed by atoms with van der Waals surface area (Å²) in [6.07, 6.45) is 77.4.